The lowest BCUT2D eigenvalue weighted by atomic mass is 9.91. The molecule has 0 aromatic rings. The van der Waals surface area contributed by atoms with Crippen molar-refractivity contribution >= 4 is 5.91 Å². The Hall–Kier alpha value is -0.570. The lowest BCUT2D eigenvalue weighted by molar-refractivity contribution is -0.140. The maximum Gasteiger partial charge on any atom is 0.229 e. The Morgan fingerprint density at radius 3 is 2.33 bits per heavy atom. The summed E-state index contributed by atoms with van der Waals surface area (Å²) in [5.41, 5.74) is 5.29. The molecule has 2 aliphatic rings. The van der Waals surface area contributed by atoms with Gasteiger partial charge in [0.15, 0.2) is 0 Å². The molecule has 3 heteroatoms. The highest BCUT2D eigenvalue weighted by Crippen LogP contribution is 2.36. The van der Waals surface area contributed by atoms with Crippen molar-refractivity contribution in [3.63, 3.8) is 0 Å². The summed E-state index contributed by atoms with van der Waals surface area (Å²) in [4.78, 5) is 14.4. The second-order valence-electron chi connectivity index (χ2n) is 5.72. The highest BCUT2D eigenvalue weighted by molar-refractivity contribution is 5.82. The third kappa shape index (κ3) is 2.51. The largest absolute Gasteiger partial charge is 0.339 e. The maximum absolute atomic E-state index is 12.3. The molecular formula is C12H22N2O. The maximum atomic E-state index is 12.3. The molecule has 0 atom stereocenters. The summed E-state index contributed by atoms with van der Waals surface area (Å²) in [7, 11) is 0. The highest BCUT2D eigenvalue weighted by Gasteiger charge is 2.41. The Morgan fingerprint density at radius 2 is 1.93 bits per heavy atom. The fraction of sp³-hybridized carbons (Fsp3) is 0.917. The van der Waals surface area contributed by atoms with E-state index in [0.717, 1.165) is 12.5 Å². The van der Waals surface area contributed by atoms with Crippen LogP contribution in [0.3, 0.4) is 0 Å². The van der Waals surface area contributed by atoms with Gasteiger partial charge in [-0.05, 0) is 45.4 Å². The molecule has 2 rings (SSSR count). The van der Waals surface area contributed by atoms with Crippen molar-refractivity contribution in [3.05, 3.63) is 0 Å². The number of rotatable bonds is 5. The van der Waals surface area contributed by atoms with Crippen molar-refractivity contribution in [2.24, 2.45) is 17.1 Å². The van der Waals surface area contributed by atoms with Crippen molar-refractivity contribution in [2.75, 3.05) is 13.1 Å². The number of hydrogen-bond donors (Lipinski definition) is 1. The molecule has 0 aliphatic heterocycles. The number of hydrogen-bond acceptors (Lipinski definition) is 2. The molecule has 0 bridgehead atoms. The van der Waals surface area contributed by atoms with Gasteiger partial charge >= 0.3 is 0 Å². The summed E-state index contributed by atoms with van der Waals surface area (Å²) in [5, 5.41) is 0. The van der Waals surface area contributed by atoms with E-state index in [2.05, 4.69) is 4.90 Å². The summed E-state index contributed by atoms with van der Waals surface area (Å²) >= 11 is 0. The van der Waals surface area contributed by atoms with Crippen LogP contribution in [-0.4, -0.2) is 29.9 Å². The van der Waals surface area contributed by atoms with E-state index in [1.807, 2.05) is 13.8 Å². The monoisotopic (exact) mass is 210 g/mol. The van der Waals surface area contributed by atoms with E-state index in [1.165, 1.54) is 25.7 Å². The van der Waals surface area contributed by atoms with Crippen LogP contribution in [0.5, 0.6) is 0 Å². The van der Waals surface area contributed by atoms with Gasteiger partial charge in [-0.3, -0.25) is 4.79 Å². The number of nitrogens with zero attached hydrogens (tertiary/aromatic N) is 1. The molecule has 0 heterocycles. The Bertz CT molecular complexity index is 254. The molecule has 2 aliphatic carbocycles. The van der Waals surface area contributed by atoms with E-state index in [1.54, 1.807) is 0 Å². The third-order valence-corrected chi connectivity index (χ3v) is 3.49. The van der Waals surface area contributed by atoms with E-state index in [0.29, 0.717) is 12.6 Å². The Morgan fingerprint density at radius 1 is 1.33 bits per heavy atom. The molecule has 15 heavy (non-hydrogen) atoms. The molecule has 2 N–H and O–H groups in total. The van der Waals surface area contributed by atoms with Gasteiger partial charge in [0.1, 0.15) is 0 Å². The van der Waals surface area contributed by atoms with E-state index < -0.39 is 0 Å². The van der Waals surface area contributed by atoms with E-state index in [9.17, 15) is 4.79 Å². The molecule has 0 unspecified atom stereocenters. The van der Waals surface area contributed by atoms with Crippen molar-refractivity contribution in [1.82, 2.24) is 4.90 Å². The zero-order valence-electron chi connectivity index (χ0n) is 9.83. The fourth-order valence-corrected chi connectivity index (χ4v) is 1.84. The Kier molecular flexibility index (Phi) is 2.75. The first-order valence-electron chi connectivity index (χ1n) is 6.06. The summed E-state index contributed by atoms with van der Waals surface area (Å²) in [6.45, 7) is 5.34. The van der Waals surface area contributed by atoms with Crippen LogP contribution in [0.2, 0.25) is 0 Å². The summed E-state index contributed by atoms with van der Waals surface area (Å²) in [6.07, 6.45) is 5.00. The predicted molar refractivity (Wildman–Crippen MR) is 60.3 cm³/mol. The third-order valence-electron chi connectivity index (χ3n) is 3.49. The lowest BCUT2D eigenvalue weighted by Crippen LogP contribution is -2.46. The predicted octanol–water partition coefficient (Wildman–Crippen LogP) is 1.37. The van der Waals surface area contributed by atoms with Gasteiger partial charge in [0.25, 0.3) is 0 Å². The molecule has 3 nitrogen and oxygen atoms in total. The Labute approximate surface area is 92.0 Å². The molecule has 2 fully saturated rings. The fourth-order valence-electron chi connectivity index (χ4n) is 1.84. The number of amides is 1. The van der Waals surface area contributed by atoms with Crippen molar-refractivity contribution in [1.29, 1.82) is 0 Å². The SMILES string of the molecule is CC(C)(CN)C(=O)N(CC1CC1)C1CC1. The van der Waals surface area contributed by atoms with Gasteiger partial charge < -0.3 is 10.6 Å². The zero-order valence-corrected chi connectivity index (χ0v) is 9.83. The number of nitrogens with two attached hydrogens (primary N) is 1. The smallest absolute Gasteiger partial charge is 0.229 e. The van der Waals surface area contributed by atoms with Crippen LogP contribution in [0.15, 0.2) is 0 Å². The van der Waals surface area contributed by atoms with Gasteiger partial charge in [-0.2, -0.15) is 0 Å². The molecule has 0 aromatic carbocycles. The molecular weight excluding hydrogens is 188 g/mol. The van der Waals surface area contributed by atoms with Gasteiger partial charge in [-0.15, -0.1) is 0 Å². The molecule has 0 saturated heterocycles. The second-order valence-corrected chi connectivity index (χ2v) is 5.72. The lowest BCUT2D eigenvalue weighted by Gasteiger charge is -2.31. The van der Waals surface area contributed by atoms with E-state index in [-0.39, 0.29) is 11.3 Å². The van der Waals surface area contributed by atoms with Gasteiger partial charge in [-0.1, -0.05) is 0 Å². The molecule has 0 aromatic heterocycles. The van der Waals surface area contributed by atoms with Crippen LogP contribution in [0.25, 0.3) is 0 Å². The second kappa shape index (κ2) is 3.78. The molecule has 0 radical (unpaired) electrons. The zero-order chi connectivity index (χ0) is 11.1. The van der Waals surface area contributed by atoms with Gasteiger partial charge in [0.05, 0.1) is 5.41 Å². The van der Waals surface area contributed by atoms with Crippen LogP contribution in [0, 0.1) is 11.3 Å². The average molecular weight is 210 g/mol. The van der Waals surface area contributed by atoms with Crippen molar-refractivity contribution in [3.8, 4) is 0 Å². The topological polar surface area (TPSA) is 46.3 Å². The molecule has 1 amide bonds. The highest BCUT2D eigenvalue weighted by atomic mass is 16.2. The standard InChI is InChI=1S/C12H22N2O/c1-12(2,8-13)11(15)14(10-5-6-10)7-9-3-4-9/h9-10H,3-8,13H2,1-2H3. The quantitative estimate of drug-likeness (QED) is 0.745. The van der Waals surface area contributed by atoms with Crippen LogP contribution in [0.4, 0.5) is 0 Å². The average Bonchev–Trinajstić information content (AvgIpc) is 3.02. The van der Waals surface area contributed by atoms with Crippen LogP contribution >= 0.6 is 0 Å². The summed E-state index contributed by atoms with van der Waals surface area (Å²) in [6, 6.07) is 0.531. The van der Waals surface area contributed by atoms with Gasteiger partial charge in [0.2, 0.25) is 5.91 Å². The normalized spacial score (nSPS) is 21.5. The Balaban J connectivity index is 1.99. The van der Waals surface area contributed by atoms with Crippen molar-refractivity contribution in [2.45, 2.75) is 45.6 Å². The first-order chi connectivity index (χ1) is 7.04. The first-order valence-corrected chi connectivity index (χ1v) is 6.06. The van der Waals surface area contributed by atoms with Crippen LogP contribution < -0.4 is 5.73 Å². The molecule has 0 spiro atoms. The van der Waals surface area contributed by atoms with Crippen molar-refractivity contribution < 1.29 is 4.79 Å². The minimum absolute atomic E-state index is 0.263. The summed E-state index contributed by atoms with van der Waals surface area (Å²) in [5.74, 6) is 1.04. The van der Waals surface area contributed by atoms with E-state index in [4.69, 9.17) is 5.73 Å². The summed E-state index contributed by atoms with van der Waals surface area (Å²) < 4.78 is 0. The van der Waals surface area contributed by atoms with Gasteiger partial charge in [-0.25, -0.2) is 0 Å². The first kappa shape index (κ1) is 10.9. The van der Waals surface area contributed by atoms with Crippen LogP contribution in [0.1, 0.15) is 39.5 Å². The molecule has 2 saturated carbocycles. The van der Waals surface area contributed by atoms with Crippen LogP contribution in [-0.2, 0) is 4.79 Å². The minimum Gasteiger partial charge on any atom is -0.339 e. The van der Waals surface area contributed by atoms with E-state index >= 15 is 0 Å². The molecule has 86 valence electrons. The minimum atomic E-state index is -0.377. The number of carbonyl (C=O) groups excluding carboxylic acids is 1. The van der Waals surface area contributed by atoms with Gasteiger partial charge in [0, 0.05) is 19.1 Å². The number of carbonyl (C=O) groups is 1.